The molecule has 0 unspecified atom stereocenters. The van der Waals surface area contributed by atoms with Crippen molar-refractivity contribution in [2.45, 2.75) is 38.5 Å². The number of rotatable bonds is 7. The highest BCUT2D eigenvalue weighted by Gasteiger charge is 2.27. The van der Waals surface area contributed by atoms with Crippen molar-refractivity contribution in [3.05, 3.63) is 23.7 Å². The Morgan fingerprint density at radius 2 is 2.07 bits per heavy atom. The quantitative estimate of drug-likeness (QED) is 0.780. The molecule has 152 valence electrons. The number of methoxy groups -OCH3 is 1. The molecule has 8 heteroatoms. The summed E-state index contributed by atoms with van der Waals surface area (Å²) in [6.45, 7) is 2.73. The van der Waals surface area contributed by atoms with Gasteiger partial charge in [0.25, 0.3) is 0 Å². The van der Waals surface area contributed by atoms with Crippen LogP contribution in [0.2, 0.25) is 0 Å². The van der Waals surface area contributed by atoms with Crippen LogP contribution in [0.4, 0.5) is 5.95 Å². The second kappa shape index (κ2) is 9.14. The van der Waals surface area contributed by atoms with Crippen molar-refractivity contribution in [1.29, 1.82) is 0 Å². The van der Waals surface area contributed by atoms with Gasteiger partial charge in [0.15, 0.2) is 5.76 Å². The number of aromatic nitrogens is 3. The van der Waals surface area contributed by atoms with Crippen LogP contribution in [-0.2, 0) is 9.53 Å². The number of ether oxygens (including phenoxy) is 1. The number of nitrogens with one attached hydrogen (secondary N) is 1. The first-order chi connectivity index (χ1) is 13.5. The van der Waals surface area contributed by atoms with Crippen molar-refractivity contribution < 1.29 is 14.1 Å². The molecular weight excluding hydrogens is 358 g/mol. The van der Waals surface area contributed by atoms with E-state index in [0.29, 0.717) is 30.1 Å². The molecule has 2 aromatic rings. The molecule has 0 aliphatic heterocycles. The van der Waals surface area contributed by atoms with E-state index in [0.717, 1.165) is 42.6 Å². The van der Waals surface area contributed by atoms with Crippen molar-refractivity contribution in [2.75, 3.05) is 39.3 Å². The minimum absolute atomic E-state index is 0.0565. The van der Waals surface area contributed by atoms with Crippen LogP contribution in [0.3, 0.4) is 0 Å². The predicted octanol–water partition coefficient (Wildman–Crippen LogP) is 2.54. The summed E-state index contributed by atoms with van der Waals surface area (Å²) in [7, 11) is 5.41. The lowest BCUT2D eigenvalue weighted by Crippen LogP contribution is -2.33. The number of carbonyl (C=O) groups excluding carboxylic acids is 1. The van der Waals surface area contributed by atoms with E-state index in [4.69, 9.17) is 14.2 Å². The highest BCUT2D eigenvalue weighted by atomic mass is 16.5. The zero-order chi connectivity index (χ0) is 20.1. The Kier molecular flexibility index (Phi) is 6.61. The van der Waals surface area contributed by atoms with E-state index in [2.05, 4.69) is 15.5 Å². The van der Waals surface area contributed by atoms with Crippen LogP contribution in [-0.4, -0.2) is 55.4 Å². The Morgan fingerprint density at radius 3 is 2.68 bits per heavy atom. The van der Waals surface area contributed by atoms with Gasteiger partial charge < -0.3 is 19.5 Å². The molecule has 28 heavy (non-hydrogen) atoms. The third-order valence-corrected chi connectivity index (χ3v) is 5.20. The summed E-state index contributed by atoms with van der Waals surface area (Å²) in [5, 5.41) is 6.97. The standard InChI is InChI=1S/C20H29N5O3/c1-13-9-17(28-24-13)16-11-22-20(25(2)3)23-19(16)15-7-5-14(6-8-15)10-21-18(26)12-27-4/h9,11,14-15H,5-8,10,12H2,1-4H3,(H,21,26). The van der Waals surface area contributed by atoms with Gasteiger partial charge in [-0.05, 0) is 38.5 Å². The fourth-order valence-electron chi connectivity index (χ4n) is 3.67. The summed E-state index contributed by atoms with van der Waals surface area (Å²) < 4.78 is 10.3. The Bertz CT molecular complexity index is 797. The smallest absolute Gasteiger partial charge is 0.245 e. The molecule has 0 radical (unpaired) electrons. The number of anilines is 1. The maximum Gasteiger partial charge on any atom is 0.245 e. The topological polar surface area (TPSA) is 93.4 Å². The van der Waals surface area contributed by atoms with E-state index in [1.54, 1.807) is 0 Å². The highest BCUT2D eigenvalue weighted by Crippen LogP contribution is 2.39. The predicted molar refractivity (Wildman–Crippen MR) is 106 cm³/mol. The van der Waals surface area contributed by atoms with Gasteiger partial charge in [0.2, 0.25) is 11.9 Å². The van der Waals surface area contributed by atoms with Gasteiger partial charge in [0.05, 0.1) is 17.0 Å². The molecule has 0 bridgehead atoms. The Labute approximate surface area is 165 Å². The van der Waals surface area contributed by atoms with Gasteiger partial charge >= 0.3 is 0 Å². The molecule has 1 fully saturated rings. The number of hydrogen-bond donors (Lipinski definition) is 1. The van der Waals surface area contributed by atoms with Crippen LogP contribution in [0.5, 0.6) is 0 Å². The normalized spacial score (nSPS) is 19.4. The zero-order valence-corrected chi connectivity index (χ0v) is 17.1. The number of aryl methyl sites for hydroxylation is 1. The minimum Gasteiger partial charge on any atom is -0.375 e. The van der Waals surface area contributed by atoms with Crippen LogP contribution in [0.25, 0.3) is 11.3 Å². The van der Waals surface area contributed by atoms with Crippen LogP contribution >= 0.6 is 0 Å². The van der Waals surface area contributed by atoms with E-state index < -0.39 is 0 Å². The summed E-state index contributed by atoms with van der Waals surface area (Å²) in [6.07, 6.45) is 5.99. The second-order valence-electron chi connectivity index (χ2n) is 7.65. The van der Waals surface area contributed by atoms with E-state index in [-0.39, 0.29) is 12.5 Å². The maximum absolute atomic E-state index is 11.6. The molecule has 0 saturated heterocycles. The fraction of sp³-hybridized carbons (Fsp3) is 0.600. The number of amides is 1. The van der Waals surface area contributed by atoms with E-state index in [9.17, 15) is 4.79 Å². The van der Waals surface area contributed by atoms with Crippen LogP contribution < -0.4 is 10.2 Å². The number of carbonyl (C=O) groups is 1. The monoisotopic (exact) mass is 387 g/mol. The lowest BCUT2D eigenvalue weighted by atomic mass is 9.79. The van der Waals surface area contributed by atoms with Gasteiger partial charge in [-0.3, -0.25) is 4.79 Å². The molecule has 0 aromatic carbocycles. The average Bonchev–Trinajstić information content (AvgIpc) is 3.12. The molecule has 1 saturated carbocycles. The Hall–Kier alpha value is -2.48. The SMILES string of the molecule is COCC(=O)NCC1CCC(c2nc(N(C)C)ncc2-c2cc(C)no2)CC1. The number of hydrogen-bond acceptors (Lipinski definition) is 7. The molecule has 1 amide bonds. The molecule has 1 aliphatic rings. The van der Waals surface area contributed by atoms with Crippen molar-refractivity contribution in [3.8, 4) is 11.3 Å². The largest absolute Gasteiger partial charge is 0.375 e. The molecule has 1 N–H and O–H groups in total. The molecule has 3 rings (SSSR count). The lowest BCUT2D eigenvalue weighted by Gasteiger charge is -2.29. The highest BCUT2D eigenvalue weighted by molar-refractivity contribution is 5.77. The van der Waals surface area contributed by atoms with E-state index in [1.807, 2.05) is 38.2 Å². The van der Waals surface area contributed by atoms with Crippen LogP contribution in [0, 0.1) is 12.8 Å². The summed E-state index contributed by atoms with van der Waals surface area (Å²) >= 11 is 0. The molecule has 2 heterocycles. The van der Waals surface area contributed by atoms with Gasteiger partial charge in [-0.15, -0.1) is 0 Å². The molecule has 0 atom stereocenters. The third kappa shape index (κ3) is 4.86. The average molecular weight is 387 g/mol. The summed E-state index contributed by atoms with van der Waals surface area (Å²) in [5.74, 6) is 2.19. The maximum atomic E-state index is 11.6. The number of nitrogens with zero attached hydrogens (tertiary/aromatic N) is 4. The molecule has 8 nitrogen and oxygen atoms in total. The summed E-state index contributed by atoms with van der Waals surface area (Å²) in [4.78, 5) is 22.8. The Balaban J connectivity index is 1.72. The van der Waals surface area contributed by atoms with Gasteiger partial charge in [-0.25, -0.2) is 9.97 Å². The van der Waals surface area contributed by atoms with Gasteiger partial charge in [0.1, 0.15) is 6.61 Å². The summed E-state index contributed by atoms with van der Waals surface area (Å²) in [5.41, 5.74) is 2.79. The van der Waals surface area contributed by atoms with Crippen molar-refractivity contribution in [2.24, 2.45) is 5.92 Å². The first-order valence-electron chi connectivity index (χ1n) is 9.71. The van der Waals surface area contributed by atoms with Crippen molar-refractivity contribution in [1.82, 2.24) is 20.4 Å². The lowest BCUT2D eigenvalue weighted by molar-refractivity contribution is -0.124. The molecule has 1 aliphatic carbocycles. The molecular formula is C20H29N5O3. The van der Waals surface area contributed by atoms with Gasteiger partial charge in [-0.1, -0.05) is 5.16 Å². The van der Waals surface area contributed by atoms with E-state index in [1.165, 1.54) is 7.11 Å². The first-order valence-corrected chi connectivity index (χ1v) is 9.71. The zero-order valence-electron chi connectivity index (χ0n) is 17.1. The van der Waals surface area contributed by atoms with Crippen molar-refractivity contribution >= 4 is 11.9 Å². The Morgan fingerprint density at radius 1 is 1.32 bits per heavy atom. The van der Waals surface area contributed by atoms with Crippen molar-refractivity contribution in [3.63, 3.8) is 0 Å². The molecule has 0 spiro atoms. The third-order valence-electron chi connectivity index (χ3n) is 5.20. The fourth-order valence-corrected chi connectivity index (χ4v) is 3.67. The van der Waals surface area contributed by atoms with Gasteiger partial charge in [0, 0.05) is 45.9 Å². The first kappa shape index (κ1) is 20.3. The molecule has 2 aromatic heterocycles. The van der Waals surface area contributed by atoms with E-state index >= 15 is 0 Å². The second-order valence-corrected chi connectivity index (χ2v) is 7.65. The summed E-state index contributed by atoms with van der Waals surface area (Å²) in [6, 6.07) is 1.93. The van der Waals surface area contributed by atoms with Crippen LogP contribution in [0.15, 0.2) is 16.8 Å². The minimum atomic E-state index is -0.0565. The van der Waals surface area contributed by atoms with Crippen LogP contribution in [0.1, 0.15) is 43.0 Å². The van der Waals surface area contributed by atoms with Gasteiger partial charge in [-0.2, -0.15) is 0 Å².